The van der Waals surface area contributed by atoms with E-state index < -0.39 is 5.97 Å². The maximum atomic E-state index is 10.5. The number of carbonyl (C=O) groups is 1. The van der Waals surface area contributed by atoms with Gasteiger partial charge in [0.15, 0.2) is 5.13 Å². The first-order valence-electron chi connectivity index (χ1n) is 5.63. The lowest BCUT2D eigenvalue weighted by atomic mass is 10.2. The Labute approximate surface area is 109 Å². The summed E-state index contributed by atoms with van der Waals surface area (Å²) in [5.41, 5.74) is 2.99. The third-order valence-electron chi connectivity index (χ3n) is 2.42. The predicted octanol–water partition coefficient (Wildman–Crippen LogP) is 3.21. The second kappa shape index (κ2) is 5.64. The number of anilines is 2. The molecule has 0 aliphatic carbocycles. The fourth-order valence-electron chi connectivity index (χ4n) is 1.56. The molecule has 0 radical (unpaired) electrons. The van der Waals surface area contributed by atoms with E-state index in [-0.39, 0.29) is 6.42 Å². The van der Waals surface area contributed by atoms with Crippen LogP contribution in [0.3, 0.4) is 0 Å². The Bertz CT molecular complexity index is 551. The van der Waals surface area contributed by atoms with E-state index in [1.54, 1.807) is 0 Å². The summed E-state index contributed by atoms with van der Waals surface area (Å²) in [6.07, 6.45) is 0.592. The normalized spacial score (nSPS) is 10.3. The molecule has 2 aromatic rings. The highest BCUT2D eigenvalue weighted by Crippen LogP contribution is 2.22. The molecule has 1 heterocycles. The zero-order valence-electron chi connectivity index (χ0n) is 10.0. The maximum Gasteiger partial charge on any atom is 0.303 e. The van der Waals surface area contributed by atoms with Crippen LogP contribution < -0.4 is 5.32 Å². The molecule has 0 fully saturated rings. The van der Waals surface area contributed by atoms with Gasteiger partial charge in [-0.2, -0.15) is 0 Å². The Balaban J connectivity index is 2.00. The van der Waals surface area contributed by atoms with Crippen LogP contribution in [0.2, 0.25) is 0 Å². The fourth-order valence-corrected chi connectivity index (χ4v) is 2.33. The molecule has 0 unspecified atom stereocenters. The van der Waals surface area contributed by atoms with Crippen molar-refractivity contribution in [1.29, 1.82) is 0 Å². The van der Waals surface area contributed by atoms with Crippen LogP contribution in [0.15, 0.2) is 29.6 Å². The molecule has 18 heavy (non-hydrogen) atoms. The van der Waals surface area contributed by atoms with Crippen molar-refractivity contribution in [2.75, 3.05) is 5.32 Å². The molecular formula is C13H14N2O2S. The van der Waals surface area contributed by atoms with E-state index in [2.05, 4.69) is 10.3 Å². The monoisotopic (exact) mass is 262 g/mol. The Kier molecular flexibility index (Phi) is 3.94. The zero-order chi connectivity index (χ0) is 13.0. The lowest BCUT2D eigenvalue weighted by Crippen LogP contribution is -1.98. The number of benzene rings is 1. The molecule has 0 aliphatic heterocycles. The smallest absolute Gasteiger partial charge is 0.303 e. The summed E-state index contributed by atoms with van der Waals surface area (Å²) in [6.45, 7) is 2.03. The van der Waals surface area contributed by atoms with Gasteiger partial charge in [0, 0.05) is 17.5 Å². The number of aryl methyl sites for hydroxylation is 2. The number of aliphatic carboxylic acids is 1. The molecule has 2 rings (SSSR count). The first-order valence-corrected chi connectivity index (χ1v) is 6.51. The van der Waals surface area contributed by atoms with E-state index in [0.29, 0.717) is 6.42 Å². The lowest BCUT2D eigenvalue weighted by Gasteiger charge is -2.02. The van der Waals surface area contributed by atoms with Crippen LogP contribution in [0, 0.1) is 6.92 Å². The van der Waals surface area contributed by atoms with Crippen molar-refractivity contribution in [2.45, 2.75) is 19.8 Å². The third kappa shape index (κ3) is 3.56. The highest BCUT2D eigenvalue weighted by atomic mass is 32.1. The van der Waals surface area contributed by atoms with Crippen molar-refractivity contribution in [2.24, 2.45) is 0 Å². The first-order chi connectivity index (χ1) is 8.63. The van der Waals surface area contributed by atoms with E-state index in [1.807, 2.05) is 36.6 Å². The minimum Gasteiger partial charge on any atom is -0.481 e. The van der Waals surface area contributed by atoms with Gasteiger partial charge in [-0.3, -0.25) is 4.79 Å². The number of thiazole rings is 1. The van der Waals surface area contributed by atoms with Crippen LogP contribution in [0.4, 0.5) is 10.8 Å². The summed E-state index contributed by atoms with van der Waals surface area (Å²) in [5, 5.41) is 14.5. The van der Waals surface area contributed by atoms with E-state index in [0.717, 1.165) is 16.5 Å². The summed E-state index contributed by atoms with van der Waals surface area (Å²) in [5.74, 6) is -0.795. The quantitative estimate of drug-likeness (QED) is 0.868. The van der Waals surface area contributed by atoms with Crippen LogP contribution in [0.5, 0.6) is 0 Å². The zero-order valence-corrected chi connectivity index (χ0v) is 10.8. The summed E-state index contributed by atoms with van der Waals surface area (Å²) < 4.78 is 0. The van der Waals surface area contributed by atoms with Gasteiger partial charge in [0.2, 0.25) is 0 Å². The highest BCUT2D eigenvalue weighted by molar-refractivity contribution is 7.13. The van der Waals surface area contributed by atoms with Crippen molar-refractivity contribution in [3.05, 3.63) is 40.9 Å². The standard InChI is InChI=1S/C13H14N2O2S/c1-9-3-2-4-10(7-9)14-13-15-11(8-18-13)5-6-12(16)17/h2-4,7-8H,5-6H2,1H3,(H,14,15)(H,16,17). The van der Waals surface area contributed by atoms with Gasteiger partial charge in [0.25, 0.3) is 0 Å². The van der Waals surface area contributed by atoms with Gasteiger partial charge >= 0.3 is 5.97 Å². The Morgan fingerprint density at radius 2 is 2.33 bits per heavy atom. The second-order valence-corrected chi connectivity index (χ2v) is 4.89. The number of nitrogens with one attached hydrogen (secondary N) is 1. The number of carboxylic acids is 1. The van der Waals surface area contributed by atoms with Gasteiger partial charge in [-0.15, -0.1) is 11.3 Å². The summed E-state index contributed by atoms with van der Waals surface area (Å²) in [4.78, 5) is 14.8. The fraction of sp³-hybridized carbons (Fsp3) is 0.231. The molecule has 2 N–H and O–H groups in total. The number of hydrogen-bond acceptors (Lipinski definition) is 4. The number of carboxylic acid groups (broad SMARTS) is 1. The van der Waals surface area contributed by atoms with Gasteiger partial charge in [-0.1, -0.05) is 12.1 Å². The SMILES string of the molecule is Cc1cccc(Nc2nc(CCC(=O)O)cs2)c1. The van der Waals surface area contributed by atoms with Crippen LogP contribution in [-0.4, -0.2) is 16.1 Å². The molecule has 0 amide bonds. The van der Waals surface area contributed by atoms with Crippen molar-refractivity contribution >= 4 is 28.1 Å². The number of hydrogen-bond donors (Lipinski definition) is 2. The largest absolute Gasteiger partial charge is 0.481 e. The molecule has 0 bridgehead atoms. The van der Waals surface area contributed by atoms with E-state index in [1.165, 1.54) is 16.9 Å². The van der Waals surface area contributed by atoms with Gasteiger partial charge in [-0.25, -0.2) is 4.98 Å². The Morgan fingerprint density at radius 3 is 3.06 bits per heavy atom. The maximum absolute atomic E-state index is 10.5. The molecule has 0 saturated heterocycles. The van der Waals surface area contributed by atoms with Crippen LogP contribution in [0.25, 0.3) is 0 Å². The van der Waals surface area contributed by atoms with E-state index in [4.69, 9.17) is 5.11 Å². The summed E-state index contributed by atoms with van der Waals surface area (Å²) in [7, 11) is 0. The average Bonchev–Trinajstić information content (AvgIpc) is 2.74. The lowest BCUT2D eigenvalue weighted by molar-refractivity contribution is -0.136. The minimum absolute atomic E-state index is 0.119. The van der Waals surface area contributed by atoms with Crippen LogP contribution in [-0.2, 0) is 11.2 Å². The van der Waals surface area contributed by atoms with Crippen molar-refractivity contribution in [3.63, 3.8) is 0 Å². The first kappa shape index (κ1) is 12.6. The van der Waals surface area contributed by atoms with Crippen molar-refractivity contribution < 1.29 is 9.90 Å². The van der Waals surface area contributed by atoms with Gasteiger partial charge in [0.1, 0.15) is 0 Å². The van der Waals surface area contributed by atoms with Crippen molar-refractivity contribution in [1.82, 2.24) is 4.98 Å². The molecule has 0 aliphatic rings. The molecule has 0 saturated carbocycles. The second-order valence-electron chi connectivity index (χ2n) is 4.03. The average molecular weight is 262 g/mol. The molecule has 0 atom stereocenters. The number of aromatic nitrogens is 1. The molecule has 0 spiro atoms. The molecule has 4 nitrogen and oxygen atoms in total. The molecule has 5 heteroatoms. The predicted molar refractivity (Wildman–Crippen MR) is 72.5 cm³/mol. The van der Waals surface area contributed by atoms with E-state index >= 15 is 0 Å². The number of nitrogens with zero attached hydrogens (tertiary/aromatic N) is 1. The minimum atomic E-state index is -0.795. The van der Waals surface area contributed by atoms with Gasteiger partial charge in [0.05, 0.1) is 12.1 Å². The molecule has 1 aromatic carbocycles. The summed E-state index contributed by atoms with van der Waals surface area (Å²) >= 11 is 1.49. The number of rotatable bonds is 5. The molecular weight excluding hydrogens is 248 g/mol. The molecule has 94 valence electrons. The van der Waals surface area contributed by atoms with Crippen LogP contribution in [0.1, 0.15) is 17.7 Å². The summed E-state index contributed by atoms with van der Waals surface area (Å²) in [6, 6.07) is 8.03. The molecule has 1 aromatic heterocycles. The van der Waals surface area contributed by atoms with E-state index in [9.17, 15) is 4.79 Å². The topological polar surface area (TPSA) is 62.2 Å². The van der Waals surface area contributed by atoms with Gasteiger partial charge in [-0.05, 0) is 24.6 Å². The van der Waals surface area contributed by atoms with Crippen molar-refractivity contribution in [3.8, 4) is 0 Å². The van der Waals surface area contributed by atoms with Gasteiger partial charge < -0.3 is 10.4 Å². The van der Waals surface area contributed by atoms with Crippen LogP contribution >= 0.6 is 11.3 Å². The Morgan fingerprint density at radius 1 is 1.50 bits per heavy atom. The highest BCUT2D eigenvalue weighted by Gasteiger charge is 2.04. The third-order valence-corrected chi connectivity index (χ3v) is 3.22. The Hall–Kier alpha value is -1.88.